The summed E-state index contributed by atoms with van der Waals surface area (Å²) in [4.78, 5) is 97.0. The number of aromatic nitrogens is 4. The first-order valence-corrected chi connectivity index (χ1v) is 21.9. The third kappa shape index (κ3) is 13.4. The van der Waals surface area contributed by atoms with Crippen LogP contribution in [0.1, 0.15) is 83.3 Å². The Morgan fingerprint density at radius 2 is 1.63 bits per heavy atom. The molecule has 0 aliphatic carbocycles. The second-order valence-corrected chi connectivity index (χ2v) is 15.5. The number of ether oxygens (including phenoxy) is 4. The number of hydrogen-bond acceptors (Lipinski definition) is 16. The lowest BCUT2D eigenvalue weighted by atomic mass is 10.0. The van der Waals surface area contributed by atoms with E-state index in [9.17, 15) is 46.7 Å². The van der Waals surface area contributed by atoms with Gasteiger partial charge in [0.05, 0.1) is 68.3 Å². The molecule has 24 heteroatoms. The maximum absolute atomic E-state index is 13.2. The van der Waals surface area contributed by atoms with Crippen molar-refractivity contribution in [3.05, 3.63) is 107 Å². The van der Waals surface area contributed by atoms with E-state index in [0.29, 0.717) is 56.3 Å². The molecule has 5 heterocycles. The first kappa shape index (κ1) is 50.8. The smallest absolute Gasteiger partial charge is 0.405 e. The van der Waals surface area contributed by atoms with E-state index in [-0.39, 0.29) is 90.3 Å². The minimum atomic E-state index is -4.46. The van der Waals surface area contributed by atoms with Gasteiger partial charge in [-0.25, -0.2) is 14.6 Å². The standard InChI is InChI=1S/C47H44F3N9O12/c48-47(49,50)27-53-37-24-30(14-15-52-37)44-55-34(26-71-44)42(63)54-33-25-58(57-40(33)41(51)62)31-10-8-28(9-11-31)36(60)7-3-17-68-19-21-70-23-22-69-20-18-67-16-2-5-29-4-1-6-32-39(29)46(66)59(45(32)65)35-12-13-38(61)56-43(35)64/h1,4,6,8-11,14-15,24-26,35H,3,7,12-13,16-23,27H2,(H2,51,62)(H,52,53)(H,54,63)(H,56,61,64). The number of nitrogens with two attached hydrogens (primary N) is 1. The van der Waals surface area contributed by atoms with Gasteiger partial charge in [-0.3, -0.25) is 43.8 Å². The van der Waals surface area contributed by atoms with Crippen LogP contribution in [0.3, 0.4) is 0 Å². The molecule has 5 aromatic rings. The van der Waals surface area contributed by atoms with Gasteiger partial charge in [0.25, 0.3) is 23.6 Å². The predicted molar refractivity (Wildman–Crippen MR) is 241 cm³/mol. The van der Waals surface area contributed by atoms with Crippen molar-refractivity contribution < 1.29 is 70.1 Å². The van der Waals surface area contributed by atoms with Crippen molar-refractivity contribution in [1.82, 2.24) is 30.0 Å². The number of Topliss-reactive ketones (excluding diaryl/α,β-unsaturated/α-hetero) is 1. The zero-order valence-corrected chi connectivity index (χ0v) is 37.5. The van der Waals surface area contributed by atoms with Gasteiger partial charge in [-0.1, -0.05) is 17.9 Å². The van der Waals surface area contributed by atoms with E-state index in [1.807, 2.05) is 0 Å². The highest BCUT2D eigenvalue weighted by atomic mass is 19.4. The van der Waals surface area contributed by atoms with Gasteiger partial charge in [-0.15, -0.1) is 0 Å². The van der Waals surface area contributed by atoms with E-state index in [0.717, 1.165) is 11.2 Å². The molecule has 1 unspecified atom stereocenters. The lowest BCUT2D eigenvalue weighted by molar-refractivity contribution is -0.136. The summed E-state index contributed by atoms with van der Waals surface area (Å²) in [7, 11) is 0. The van der Waals surface area contributed by atoms with Crippen LogP contribution in [0, 0.1) is 11.8 Å². The maximum Gasteiger partial charge on any atom is 0.405 e. The predicted octanol–water partition coefficient (Wildman–Crippen LogP) is 3.73. The minimum absolute atomic E-state index is 0.0233. The molecule has 71 heavy (non-hydrogen) atoms. The van der Waals surface area contributed by atoms with Gasteiger partial charge < -0.3 is 39.7 Å². The summed E-state index contributed by atoms with van der Waals surface area (Å²) in [6.45, 7) is 0.830. The fourth-order valence-corrected chi connectivity index (χ4v) is 7.14. The van der Waals surface area contributed by atoms with Crippen LogP contribution in [-0.4, -0.2) is 137 Å². The van der Waals surface area contributed by atoms with Crippen molar-refractivity contribution in [3.63, 3.8) is 0 Å². The molecule has 0 saturated carbocycles. The highest BCUT2D eigenvalue weighted by Gasteiger charge is 2.45. The number of ketones is 1. The van der Waals surface area contributed by atoms with E-state index in [1.54, 1.807) is 36.4 Å². The number of carbonyl (C=O) groups is 7. The van der Waals surface area contributed by atoms with Gasteiger partial charge in [0.15, 0.2) is 17.2 Å². The number of amides is 6. The number of alkyl halides is 3. The van der Waals surface area contributed by atoms with Crippen LogP contribution < -0.4 is 21.7 Å². The molecule has 6 amide bonds. The highest BCUT2D eigenvalue weighted by Crippen LogP contribution is 2.30. The van der Waals surface area contributed by atoms with Gasteiger partial charge in [0, 0.05) is 42.3 Å². The summed E-state index contributed by atoms with van der Waals surface area (Å²) in [6.07, 6.45) is -0.0854. The molecule has 21 nitrogen and oxygen atoms in total. The van der Waals surface area contributed by atoms with Crippen molar-refractivity contribution in [2.45, 2.75) is 37.9 Å². The van der Waals surface area contributed by atoms with Crippen molar-refractivity contribution in [1.29, 1.82) is 0 Å². The summed E-state index contributed by atoms with van der Waals surface area (Å²) in [6, 6.07) is 12.7. The number of benzene rings is 2. The number of fused-ring (bicyclic) bond motifs is 1. The number of halogens is 3. The van der Waals surface area contributed by atoms with Crippen LogP contribution in [0.5, 0.6) is 0 Å². The van der Waals surface area contributed by atoms with Gasteiger partial charge in [-0.2, -0.15) is 18.3 Å². The van der Waals surface area contributed by atoms with Crippen molar-refractivity contribution in [2.75, 3.05) is 70.0 Å². The molecule has 0 spiro atoms. The van der Waals surface area contributed by atoms with E-state index in [1.165, 1.54) is 35.3 Å². The van der Waals surface area contributed by atoms with Crippen LogP contribution in [0.4, 0.5) is 24.7 Å². The average Bonchev–Trinajstić information content (AvgIpc) is 4.08. The Balaban J connectivity index is 0.746. The summed E-state index contributed by atoms with van der Waals surface area (Å²) in [5.41, 5.74) is 6.71. The van der Waals surface area contributed by atoms with Crippen LogP contribution in [0.2, 0.25) is 0 Å². The Kier molecular flexibility index (Phi) is 16.8. The second-order valence-electron chi connectivity index (χ2n) is 15.5. The minimum Gasteiger partial charge on any atom is -0.444 e. The molecule has 1 atom stereocenters. The summed E-state index contributed by atoms with van der Waals surface area (Å²) < 4.78 is 66.6. The summed E-state index contributed by atoms with van der Waals surface area (Å²) in [5, 5.41) is 11.0. The Labute approximate surface area is 401 Å². The molecular formula is C47H44F3N9O12. The molecular weight excluding hydrogens is 940 g/mol. The number of rotatable bonds is 23. The molecule has 0 radical (unpaired) electrons. The number of pyridine rings is 1. The Morgan fingerprint density at radius 1 is 0.915 bits per heavy atom. The molecule has 1 fully saturated rings. The zero-order valence-electron chi connectivity index (χ0n) is 37.5. The zero-order chi connectivity index (χ0) is 50.5. The van der Waals surface area contributed by atoms with Gasteiger partial charge >= 0.3 is 6.18 Å². The SMILES string of the molecule is NC(=O)c1nn(-c2ccc(C(=O)CCCOCCOCCOCCOCC#Cc3cccc4c3C(=O)N(C3CCC(=O)NC3=O)C4=O)cc2)cc1NC(=O)c1coc(-c2ccnc(NCC(F)(F)F)c2)n1. The molecule has 3 aromatic heterocycles. The topological polar surface area (TPSA) is 278 Å². The number of carbonyl (C=O) groups excluding carboxylic acids is 7. The normalized spacial score (nSPS) is 14.5. The number of primary amides is 1. The van der Waals surface area contributed by atoms with Crippen LogP contribution in [0.25, 0.3) is 17.1 Å². The first-order valence-electron chi connectivity index (χ1n) is 21.9. The first-order chi connectivity index (χ1) is 34.2. The average molecular weight is 984 g/mol. The fourth-order valence-electron chi connectivity index (χ4n) is 7.14. The molecule has 0 bridgehead atoms. The number of piperidine rings is 1. The van der Waals surface area contributed by atoms with E-state index >= 15 is 0 Å². The number of oxazole rings is 1. The molecule has 2 aliphatic rings. The monoisotopic (exact) mass is 983 g/mol. The number of hydrogen-bond donors (Lipinski definition) is 4. The summed E-state index contributed by atoms with van der Waals surface area (Å²) in [5.74, 6) is 1.28. The highest BCUT2D eigenvalue weighted by molar-refractivity contribution is 6.24. The number of nitrogens with one attached hydrogen (secondary N) is 3. The lowest BCUT2D eigenvalue weighted by Crippen LogP contribution is -2.54. The van der Waals surface area contributed by atoms with Crippen LogP contribution >= 0.6 is 0 Å². The second kappa shape index (κ2) is 23.5. The Hall–Kier alpha value is -8.11. The molecule has 7 rings (SSSR count). The lowest BCUT2D eigenvalue weighted by Gasteiger charge is -2.27. The molecule has 1 saturated heterocycles. The number of nitrogens with zero attached hydrogens (tertiary/aromatic N) is 5. The van der Waals surface area contributed by atoms with Gasteiger partial charge in [0.1, 0.15) is 31.3 Å². The Bertz CT molecular complexity index is 2870. The van der Waals surface area contributed by atoms with Crippen LogP contribution in [-0.2, 0) is 28.5 Å². The summed E-state index contributed by atoms with van der Waals surface area (Å²) >= 11 is 0. The number of anilines is 2. The molecule has 370 valence electrons. The third-order valence-corrected chi connectivity index (χ3v) is 10.5. The fraction of sp³-hybridized carbons (Fsp3) is 0.319. The molecule has 2 aromatic carbocycles. The van der Waals surface area contributed by atoms with Crippen LogP contribution in [0.15, 0.2) is 77.7 Å². The van der Waals surface area contributed by atoms with E-state index in [4.69, 9.17) is 29.1 Å². The van der Waals surface area contributed by atoms with E-state index < -0.39 is 54.2 Å². The number of imide groups is 2. The van der Waals surface area contributed by atoms with Gasteiger partial charge in [0.2, 0.25) is 17.7 Å². The third-order valence-electron chi connectivity index (χ3n) is 10.5. The van der Waals surface area contributed by atoms with Crippen molar-refractivity contribution >= 4 is 52.7 Å². The Morgan fingerprint density at radius 3 is 2.34 bits per heavy atom. The molecule has 2 aliphatic heterocycles. The quantitative estimate of drug-likeness (QED) is 0.0314. The van der Waals surface area contributed by atoms with Gasteiger partial charge in [-0.05, 0) is 61.4 Å². The maximum atomic E-state index is 13.2. The van der Waals surface area contributed by atoms with Crippen molar-refractivity contribution in [2.24, 2.45) is 5.73 Å². The largest absolute Gasteiger partial charge is 0.444 e. The van der Waals surface area contributed by atoms with E-state index in [2.05, 4.69) is 42.9 Å². The molecule has 5 N–H and O–H groups in total. The van der Waals surface area contributed by atoms with Crippen molar-refractivity contribution in [3.8, 4) is 29.0 Å².